The van der Waals surface area contributed by atoms with Crippen LogP contribution in [-0.4, -0.2) is 42.6 Å². The van der Waals surface area contributed by atoms with Crippen molar-refractivity contribution >= 4 is 5.91 Å². The molecule has 148 valence electrons. The first-order valence-electron chi connectivity index (χ1n) is 10.6. The Bertz CT molecular complexity index is 792. The van der Waals surface area contributed by atoms with Crippen molar-refractivity contribution in [2.24, 2.45) is 0 Å². The lowest BCUT2D eigenvalue weighted by molar-refractivity contribution is 0.0571. The number of rotatable bonds is 4. The maximum Gasteiger partial charge on any atom is 0.257 e. The number of piperidine rings is 1. The molecule has 2 saturated heterocycles. The molecule has 1 amide bonds. The highest BCUT2D eigenvalue weighted by Gasteiger charge is 2.41. The number of para-hydroxylation sites is 1. The predicted molar refractivity (Wildman–Crippen MR) is 112 cm³/mol. The van der Waals surface area contributed by atoms with Gasteiger partial charge in [-0.05, 0) is 50.4 Å². The molecule has 2 fully saturated rings. The first-order chi connectivity index (χ1) is 13.8. The number of amides is 1. The van der Waals surface area contributed by atoms with Gasteiger partial charge in [-0.15, -0.1) is 0 Å². The molecule has 4 rings (SSSR count). The second-order valence-electron chi connectivity index (χ2n) is 7.78. The average Bonchev–Trinajstić information content (AvgIpc) is 2.97. The van der Waals surface area contributed by atoms with Crippen molar-refractivity contribution < 1.29 is 9.53 Å². The second-order valence-corrected chi connectivity index (χ2v) is 7.78. The predicted octanol–water partition coefficient (Wildman–Crippen LogP) is 4.23. The molecule has 2 aliphatic rings. The number of benzene rings is 2. The molecule has 2 aromatic rings. The fourth-order valence-electron chi connectivity index (χ4n) is 4.88. The number of hydrogen-bond donors (Lipinski definition) is 1. The Morgan fingerprint density at radius 1 is 1.07 bits per heavy atom. The monoisotopic (exact) mass is 378 g/mol. The molecule has 2 heterocycles. The van der Waals surface area contributed by atoms with Gasteiger partial charge in [0, 0.05) is 18.5 Å². The van der Waals surface area contributed by atoms with Gasteiger partial charge in [-0.25, -0.2) is 0 Å². The Morgan fingerprint density at radius 2 is 1.86 bits per heavy atom. The number of carbonyl (C=O) groups excluding carboxylic acids is 1. The van der Waals surface area contributed by atoms with Crippen LogP contribution in [-0.2, 0) is 0 Å². The van der Waals surface area contributed by atoms with Gasteiger partial charge >= 0.3 is 0 Å². The summed E-state index contributed by atoms with van der Waals surface area (Å²) in [4.78, 5) is 15.8. The van der Waals surface area contributed by atoms with Gasteiger partial charge < -0.3 is 15.0 Å². The summed E-state index contributed by atoms with van der Waals surface area (Å²) in [6, 6.07) is 18.9. The minimum Gasteiger partial charge on any atom is -0.493 e. The van der Waals surface area contributed by atoms with Crippen molar-refractivity contribution in [3.8, 4) is 5.75 Å². The quantitative estimate of drug-likeness (QED) is 0.866. The summed E-state index contributed by atoms with van der Waals surface area (Å²) in [5, 5.41) is 3.71. The molecule has 0 saturated carbocycles. The molecule has 2 aliphatic heterocycles. The van der Waals surface area contributed by atoms with Crippen LogP contribution in [0, 0.1) is 0 Å². The summed E-state index contributed by atoms with van der Waals surface area (Å²) < 4.78 is 5.76. The number of nitrogens with zero attached hydrogens (tertiary/aromatic N) is 1. The van der Waals surface area contributed by atoms with Gasteiger partial charge in [-0.2, -0.15) is 0 Å². The van der Waals surface area contributed by atoms with Crippen molar-refractivity contribution in [1.29, 1.82) is 0 Å². The lowest BCUT2D eigenvalue weighted by Crippen LogP contribution is -2.57. The molecule has 0 radical (unpaired) electrons. The van der Waals surface area contributed by atoms with E-state index in [0.29, 0.717) is 29.9 Å². The lowest BCUT2D eigenvalue weighted by Gasteiger charge is -2.44. The lowest BCUT2D eigenvalue weighted by atomic mass is 9.80. The highest BCUT2D eigenvalue weighted by Crippen LogP contribution is 2.36. The van der Waals surface area contributed by atoms with Crippen molar-refractivity contribution in [2.75, 3.05) is 19.7 Å². The first kappa shape index (κ1) is 19.0. The van der Waals surface area contributed by atoms with Gasteiger partial charge in [-0.1, -0.05) is 48.9 Å². The fourth-order valence-corrected chi connectivity index (χ4v) is 4.88. The van der Waals surface area contributed by atoms with Crippen LogP contribution in [0.4, 0.5) is 0 Å². The molecule has 0 bridgehead atoms. The number of fused-ring (bicyclic) bond motifs is 1. The van der Waals surface area contributed by atoms with E-state index < -0.39 is 0 Å². The molecular weight excluding hydrogens is 348 g/mol. The maximum absolute atomic E-state index is 13.7. The van der Waals surface area contributed by atoms with Crippen LogP contribution in [0.5, 0.6) is 5.75 Å². The molecule has 4 heteroatoms. The fraction of sp³-hybridized carbons (Fsp3) is 0.458. The van der Waals surface area contributed by atoms with E-state index in [-0.39, 0.29) is 11.9 Å². The molecular formula is C24H30N2O2. The topological polar surface area (TPSA) is 41.6 Å². The zero-order valence-corrected chi connectivity index (χ0v) is 16.6. The van der Waals surface area contributed by atoms with Crippen LogP contribution >= 0.6 is 0 Å². The summed E-state index contributed by atoms with van der Waals surface area (Å²) in [5.41, 5.74) is 2.03. The van der Waals surface area contributed by atoms with Crippen LogP contribution < -0.4 is 10.1 Å². The zero-order valence-electron chi connectivity index (χ0n) is 16.6. The molecule has 0 unspecified atom stereocenters. The third-order valence-electron chi connectivity index (χ3n) is 6.12. The van der Waals surface area contributed by atoms with Crippen LogP contribution in [0.3, 0.4) is 0 Å². The van der Waals surface area contributed by atoms with E-state index in [1.165, 1.54) is 5.56 Å². The van der Waals surface area contributed by atoms with E-state index in [4.69, 9.17) is 4.74 Å². The van der Waals surface area contributed by atoms with Gasteiger partial charge in [0.2, 0.25) is 0 Å². The summed E-state index contributed by atoms with van der Waals surface area (Å²) in [6.07, 6.45) is 4.40. The Morgan fingerprint density at radius 3 is 2.68 bits per heavy atom. The van der Waals surface area contributed by atoms with Gasteiger partial charge in [0.05, 0.1) is 18.2 Å². The highest BCUT2D eigenvalue weighted by molar-refractivity contribution is 5.97. The number of hydrogen-bond acceptors (Lipinski definition) is 3. The van der Waals surface area contributed by atoms with Crippen molar-refractivity contribution in [1.82, 2.24) is 10.2 Å². The summed E-state index contributed by atoms with van der Waals surface area (Å²) >= 11 is 0. The Balaban J connectivity index is 1.70. The third-order valence-corrected chi connectivity index (χ3v) is 6.12. The van der Waals surface area contributed by atoms with E-state index in [1.807, 2.05) is 31.2 Å². The highest BCUT2D eigenvalue weighted by atomic mass is 16.5. The van der Waals surface area contributed by atoms with Crippen LogP contribution in [0.2, 0.25) is 0 Å². The molecule has 3 atom stereocenters. The largest absolute Gasteiger partial charge is 0.493 e. The van der Waals surface area contributed by atoms with E-state index in [2.05, 4.69) is 40.5 Å². The number of likely N-dealkylation sites (tertiary alicyclic amines) is 1. The average molecular weight is 379 g/mol. The van der Waals surface area contributed by atoms with Gasteiger partial charge in [0.1, 0.15) is 5.75 Å². The molecule has 4 nitrogen and oxygen atoms in total. The molecule has 1 N–H and O–H groups in total. The molecule has 28 heavy (non-hydrogen) atoms. The van der Waals surface area contributed by atoms with Gasteiger partial charge in [-0.3, -0.25) is 4.79 Å². The van der Waals surface area contributed by atoms with Crippen molar-refractivity contribution in [3.05, 3.63) is 65.7 Å². The number of nitrogens with one attached hydrogen (secondary N) is 1. The van der Waals surface area contributed by atoms with Gasteiger partial charge in [0.15, 0.2) is 0 Å². The Hall–Kier alpha value is -2.33. The van der Waals surface area contributed by atoms with Gasteiger partial charge in [0.25, 0.3) is 5.91 Å². The van der Waals surface area contributed by atoms with Crippen LogP contribution in [0.1, 0.15) is 54.4 Å². The smallest absolute Gasteiger partial charge is 0.257 e. The van der Waals surface area contributed by atoms with E-state index in [9.17, 15) is 4.79 Å². The number of carbonyl (C=O) groups is 1. The molecule has 0 spiro atoms. The first-order valence-corrected chi connectivity index (χ1v) is 10.6. The van der Waals surface area contributed by atoms with Crippen molar-refractivity contribution in [3.63, 3.8) is 0 Å². The number of ether oxygens (including phenoxy) is 1. The molecule has 0 aromatic heterocycles. The summed E-state index contributed by atoms with van der Waals surface area (Å²) in [5.74, 6) is 1.16. The molecule has 0 aliphatic carbocycles. The zero-order chi connectivity index (χ0) is 19.3. The van der Waals surface area contributed by atoms with Crippen LogP contribution in [0.15, 0.2) is 54.6 Å². The third kappa shape index (κ3) is 3.79. The van der Waals surface area contributed by atoms with E-state index in [0.717, 1.165) is 38.8 Å². The Kier molecular flexibility index (Phi) is 5.96. The van der Waals surface area contributed by atoms with E-state index in [1.54, 1.807) is 0 Å². The minimum absolute atomic E-state index is 0.102. The minimum atomic E-state index is 0.102. The summed E-state index contributed by atoms with van der Waals surface area (Å²) in [6.45, 7) is 4.34. The van der Waals surface area contributed by atoms with Crippen LogP contribution in [0.25, 0.3) is 0 Å². The second kappa shape index (κ2) is 8.78. The van der Waals surface area contributed by atoms with E-state index >= 15 is 0 Å². The maximum atomic E-state index is 13.7. The molecule has 2 aromatic carbocycles. The SMILES string of the molecule is CCOc1ccccc1C(=O)N1CCCC[C@H]2NCC[C@H](c3ccccc3)[C@H]21. The standard InChI is InChI=1S/C24H30N2O2/c1-2-28-22-14-7-6-12-20(22)24(27)26-17-9-8-13-21-23(26)19(15-16-25-21)18-10-4-3-5-11-18/h3-7,10-12,14,19,21,23,25H,2,8-9,13,15-17H2,1H3/t19-,21-,23-/m1/s1. The normalized spacial score (nSPS) is 24.9. The Labute approximate surface area is 167 Å². The van der Waals surface area contributed by atoms with Crippen molar-refractivity contribution in [2.45, 2.75) is 50.6 Å². The summed E-state index contributed by atoms with van der Waals surface area (Å²) in [7, 11) is 0.